The Morgan fingerprint density at radius 3 is 2.50 bits per heavy atom. The molecule has 0 atom stereocenters. The highest BCUT2D eigenvalue weighted by Gasteiger charge is 2.00. The van der Waals surface area contributed by atoms with E-state index in [4.69, 9.17) is 0 Å². The zero-order chi connectivity index (χ0) is 10.5. The Hall–Kier alpha value is -1.61. The fraction of sp³-hybridized carbons (Fsp3) is 0.0833. The van der Waals surface area contributed by atoms with Crippen molar-refractivity contribution in [3.05, 3.63) is 60.0 Å². The fourth-order valence-electron chi connectivity index (χ4n) is 1.30. The van der Waals surface area contributed by atoms with Gasteiger partial charge in [-0.1, -0.05) is 30.3 Å². The van der Waals surface area contributed by atoms with Crippen LogP contribution in [0.4, 0.5) is 10.2 Å². The summed E-state index contributed by atoms with van der Waals surface area (Å²) in [5.74, 6) is -0.0326. The van der Waals surface area contributed by atoms with E-state index in [0.717, 1.165) is 5.56 Å². The molecule has 0 bridgehead atoms. The third-order valence-corrected chi connectivity index (χ3v) is 2.06. The number of nitrogens with one attached hydrogen (secondary N) is 1. The molecule has 0 fully saturated rings. The van der Waals surface area contributed by atoms with Crippen LogP contribution in [0.3, 0.4) is 0 Å². The first-order valence-corrected chi connectivity index (χ1v) is 4.74. The quantitative estimate of drug-likeness (QED) is 0.888. The van der Waals surface area contributed by atoms with Crippen molar-refractivity contribution in [3.63, 3.8) is 0 Å². The number of benzene rings is 1. The summed E-state index contributed by atoms with van der Waals surface area (Å²) in [6.45, 7) is 0.578. The van der Waals surface area contributed by atoms with Crippen LogP contribution in [0.15, 0.2) is 48.7 Å². The lowest BCUT2D eigenvalue weighted by Gasteiger charge is -2.05. The van der Waals surface area contributed by atoms with E-state index in [1.54, 1.807) is 12.3 Å². The molecule has 0 radical (unpaired) electrons. The molecule has 2 rings (SSSR count). The molecule has 1 heterocycles. The van der Waals surface area contributed by atoms with Gasteiger partial charge in [0.25, 0.3) is 0 Å². The molecule has 1 aromatic carbocycles. The molecule has 0 amide bonds. The first-order valence-electron chi connectivity index (χ1n) is 4.74. The molecule has 0 spiro atoms. The summed E-state index contributed by atoms with van der Waals surface area (Å²) in [6.07, 6.45) is 1.57. The summed E-state index contributed by atoms with van der Waals surface area (Å²) < 4.78 is 13.2. The SMILES string of the molecule is Cl.Fc1cccnc1NCc1ccccc1. The van der Waals surface area contributed by atoms with Gasteiger partial charge in [0.05, 0.1) is 0 Å². The van der Waals surface area contributed by atoms with Crippen molar-refractivity contribution >= 4 is 18.2 Å². The molecule has 2 aromatic rings. The van der Waals surface area contributed by atoms with Crippen LogP contribution in [-0.2, 0) is 6.54 Å². The van der Waals surface area contributed by atoms with Crippen LogP contribution in [0.2, 0.25) is 0 Å². The second kappa shape index (κ2) is 6.08. The summed E-state index contributed by atoms with van der Waals surface area (Å²) in [7, 11) is 0. The molecule has 1 aromatic heterocycles. The maximum atomic E-state index is 13.2. The molecule has 1 N–H and O–H groups in total. The fourth-order valence-corrected chi connectivity index (χ4v) is 1.30. The van der Waals surface area contributed by atoms with Crippen molar-refractivity contribution in [2.24, 2.45) is 0 Å². The molecule has 0 aliphatic rings. The van der Waals surface area contributed by atoms with Crippen LogP contribution in [-0.4, -0.2) is 4.98 Å². The van der Waals surface area contributed by atoms with E-state index in [1.807, 2.05) is 30.3 Å². The average Bonchev–Trinajstić information content (AvgIpc) is 2.29. The Balaban J connectivity index is 0.00000128. The Bertz CT molecular complexity index is 434. The van der Waals surface area contributed by atoms with E-state index in [9.17, 15) is 4.39 Å². The predicted molar refractivity (Wildman–Crippen MR) is 65.2 cm³/mol. The zero-order valence-electron chi connectivity index (χ0n) is 8.56. The van der Waals surface area contributed by atoms with Gasteiger partial charge in [-0.25, -0.2) is 9.37 Å². The molecule has 0 unspecified atom stereocenters. The van der Waals surface area contributed by atoms with Crippen LogP contribution >= 0.6 is 12.4 Å². The summed E-state index contributed by atoms with van der Waals surface area (Å²) >= 11 is 0. The maximum absolute atomic E-state index is 13.2. The van der Waals surface area contributed by atoms with Gasteiger partial charge < -0.3 is 5.32 Å². The largest absolute Gasteiger partial charge is 0.364 e. The Morgan fingerprint density at radius 2 is 1.81 bits per heavy atom. The first kappa shape index (κ1) is 12.5. The molecule has 16 heavy (non-hydrogen) atoms. The van der Waals surface area contributed by atoms with E-state index in [-0.39, 0.29) is 18.2 Å². The Kier molecular flexibility index (Phi) is 4.73. The van der Waals surface area contributed by atoms with Crippen LogP contribution in [0.25, 0.3) is 0 Å². The van der Waals surface area contributed by atoms with Gasteiger partial charge in [0, 0.05) is 12.7 Å². The van der Waals surface area contributed by atoms with Gasteiger partial charge in [-0.2, -0.15) is 0 Å². The molecule has 2 nitrogen and oxygen atoms in total. The van der Waals surface area contributed by atoms with Crippen LogP contribution in [0.1, 0.15) is 5.56 Å². The van der Waals surface area contributed by atoms with Crippen molar-refractivity contribution < 1.29 is 4.39 Å². The molecule has 0 aliphatic heterocycles. The number of aromatic nitrogens is 1. The lowest BCUT2D eigenvalue weighted by atomic mass is 10.2. The number of pyridine rings is 1. The van der Waals surface area contributed by atoms with Crippen molar-refractivity contribution in [3.8, 4) is 0 Å². The van der Waals surface area contributed by atoms with Crippen molar-refractivity contribution in [1.29, 1.82) is 0 Å². The predicted octanol–water partition coefficient (Wildman–Crippen LogP) is 3.25. The average molecular weight is 239 g/mol. The van der Waals surface area contributed by atoms with Crippen LogP contribution in [0, 0.1) is 5.82 Å². The van der Waals surface area contributed by atoms with Crippen molar-refractivity contribution in [2.75, 3.05) is 5.32 Å². The minimum Gasteiger partial charge on any atom is -0.364 e. The van der Waals surface area contributed by atoms with Gasteiger partial charge in [0.15, 0.2) is 11.6 Å². The molecular formula is C12H12ClFN2. The second-order valence-electron chi connectivity index (χ2n) is 3.17. The highest BCUT2D eigenvalue weighted by atomic mass is 35.5. The standard InChI is InChI=1S/C12H11FN2.ClH/c13-11-7-4-8-14-12(11)15-9-10-5-2-1-3-6-10;/h1-8H,9H2,(H,14,15);1H. The molecule has 0 saturated heterocycles. The van der Waals surface area contributed by atoms with Crippen molar-refractivity contribution in [1.82, 2.24) is 4.98 Å². The highest BCUT2D eigenvalue weighted by Crippen LogP contribution is 2.10. The maximum Gasteiger partial charge on any atom is 0.165 e. The third-order valence-electron chi connectivity index (χ3n) is 2.06. The first-order chi connectivity index (χ1) is 7.36. The second-order valence-corrected chi connectivity index (χ2v) is 3.17. The van der Waals surface area contributed by atoms with E-state index in [1.165, 1.54) is 6.07 Å². The zero-order valence-corrected chi connectivity index (χ0v) is 9.38. The number of hydrogen-bond acceptors (Lipinski definition) is 2. The molecule has 84 valence electrons. The number of hydrogen-bond donors (Lipinski definition) is 1. The third kappa shape index (κ3) is 3.21. The normalized spacial score (nSPS) is 9.31. The summed E-state index contributed by atoms with van der Waals surface area (Å²) in [4.78, 5) is 3.91. The number of rotatable bonds is 3. The number of anilines is 1. The topological polar surface area (TPSA) is 24.9 Å². The van der Waals surface area contributed by atoms with Gasteiger partial charge >= 0.3 is 0 Å². The van der Waals surface area contributed by atoms with Gasteiger partial charge in [0.1, 0.15) is 0 Å². The van der Waals surface area contributed by atoms with Crippen molar-refractivity contribution in [2.45, 2.75) is 6.54 Å². The monoisotopic (exact) mass is 238 g/mol. The molecular weight excluding hydrogens is 227 g/mol. The summed E-state index contributed by atoms with van der Waals surface area (Å²) in [5, 5.41) is 2.94. The molecule has 0 aliphatic carbocycles. The van der Waals surface area contributed by atoms with Gasteiger partial charge in [-0.05, 0) is 17.7 Å². The van der Waals surface area contributed by atoms with E-state index in [2.05, 4.69) is 10.3 Å². The number of nitrogens with zero attached hydrogens (tertiary/aromatic N) is 1. The summed E-state index contributed by atoms with van der Waals surface area (Å²) in [5.41, 5.74) is 1.10. The van der Waals surface area contributed by atoms with Crippen LogP contribution < -0.4 is 5.32 Å². The lowest BCUT2D eigenvalue weighted by molar-refractivity contribution is 0.624. The smallest absolute Gasteiger partial charge is 0.165 e. The van der Waals surface area contributed by atoms with E-state index >= 15 is 0 Å². The molecule has 0 saturated carbocycles. The van der Waals surface area contributed by atoms with Gasteiger partial charge in [-0.3, -0.25) is 0 Å². The van der Waals surface area contributed by atoms with Gasteiger partial charge in [-0.15, -0.1) is 12.4 Å². The molecule has 4 heteroatoms. The van der Waals surface area contributed by atoms with E-state index < -0.39 is 0 Å². The minimum atomic E-state index is -0.326. The lowest BCUT2D eigenvalue weighted by Crippen LogP contribution is -2.02. The minimum absolute atomic E-state index is 0. The van der Waals surface area contributed by atoms with E-state index in [0.29, 0.717) is 12.4 Å². The highest BCUT2D eigenvalue weighted by molar-refractivity contribution is 5.85. The number of halogens is 2. The van der Waals surface area contributed by atoms with Gasteiger partial charge in [0.2, 0.25) is 0 Å². The Labute approximate surface area is 99.9 Å². The summed E-state index contributed by atoms with van der Waals surface area (Å²) in [6, 6.07) is 12.8. The van der Waals surface area contributed by atoms with Crippen LogP contribution in [0.5, 0.6) is 0 Å². The Morgan fingerprint density at radius 1 is 1.06 bits per heavy atom.